The summed E-state index contributed by atoms with van der Waals surface area (Å²) in [5.41, 5.74) is 1.20. The standard InChI is InChI=1S/C20H27FN4O3/c1-3-24-17-8-4-7-16(21)20(17)22-18(24)12-23-10-5-6-15(9-11-23)25(14(2)26)13-19(27)28/h4,7-8,15H,3,5-6,9-13H2,1-2H3,(H,27,28). The van der Waals surface area contributed by atoms with E-state index >= 15 is 0 Å². The van der Waals surface area contributed by atoms with Gasteiger partial charge in [0.15, 0.2) is 5.82 Å². The number of imidazole rings is 1. The van der Waals surface area contributed by atoms with Crippen molar-refractivity contribution in [3.63, 3.8) is 0 Å². The van der Waals surface area contributed by atoms with Gasteiger partial charge in [0.1, 0.15) is 17.9 Å². The third-order valence-corrected chi connectivity index (χ3v) is 5.43. The molecule has 0 bridgehead atoms. The van der Waals surface area contributed by atoms with Crippen LogP contribution in [0.2, 0.25) is 0 Å². The molecular weight excluding hydrogens is 363 g/mol. The van der Waals surface area contributed by atoms with Gasteiger partial charge in [-0.15, -0.1) is 0 Å². The molecule has 2 heterocycles. The molecule has 1 N–H and O–H groups in total. The summed E-state index contributed by atoms with van der Waals surface area (Å²) in [7, 11) is 0. The molecule has 1 unspecified atom stereocenters. The zero-order valence-electron chi connectivity index (χ0n) is 16.4. The van der Waals surface area contributed by atoms with E-state index in [1.54, 1.807) is 6.07 Å². The lowest BCUT2D eigenvalue weighted by atomic mass is 10.1. The van der Waals surface area contributed by atoms with E-state index in [0.717, 1.165) is 37.3 Å². The van der Waals surface area contributed by atoms with Crippen LogP contribution >= 0.6 is 0 Å². The molecule has 1 aromatic heterocycles. The Labute approximate surface area is 163 Å². The Bertz CT molecular complexity index is 866. The van der Waals surface area contributed by atoms with E-state index in [0.29, 0.717) is 25.0 Å². The minimum Gasteiger partial charge on any atom is -0.480 e. The predicted molar refractivity (Wildman–Crippen MR) is 103 cm³/mol. The first-order valence-corrected chi connectivity index (χ1v) is 9.75. The number of aryl methyl sites for hydroxylation is 1. The van der Waals surface area contributed by atoms with Crippen molar-refractivity contribution < 1.29 is 19.1 Å². The van der Waals surface area contributed by atoms with Crippen molar-refractivity contribution in [3.8, 4) is 0 Å². The SMILES string of the molecule is CCn1c(CN2CCCC(N(CC(=O)O)C(C)=O)CC2)nc2c(F)cccc21. The Kier molecular flexibility index (Phi) is 6.28. The largest absolute Gasteiger partial charge is 0.480 e. The Morgan fingerprint density at radius 2 is 2.11 bits per heavy atom. The lowest BCUT2D eigenvalue weighted by molar-refractivity contribution is -0.145. The third-order valence-electron chi connectivity index (χ3n) is 5.43. The van der Waals surface area contributed by atoms with Crippen molar-refractivity contribution in [1.29, 1.82) is 0 Å². The van der Waals surface area contributed by atoms with Gasteiger partial charge in [-0.3, -0.25) is 14.5 Å². The van der Waals surface area contributed by atoms with Crippen LogP contribution in [0.25, 0.3) is 11.0 Å². The van der Waals surface area contributed by atoms with Crippen molar-refractivity contribution in [1.82, 2.24) is 19.4 Å². The number of aliphatic carboxylic acids is 1. The number of benzene rings is 1. The van der Waals surface area contributed by atoms with Crippen LogP contribution in [0.4, 0.5) is 4.39 Å². The van der Waals surface area contributed by atoms with E-state index in [1.807, 2.05) is 17.6 Å². The highest BCUT2D eigenvalue weighted by Gasteiger charge is 2.26. The Morgan fingerprint density at radius 3 is 2.79 bits per heavy atom. The highest BCUT2D eigenvalue weighted by molar-refractivity contribution is 5.80. The Hall–Kier alpha value is -2.48. The minimum atomic E-state index is -0.991. The average molecular weight is 390 g/mol. The number of rotatable bonds is 6. The Balaban J connectivity index is 1.73. The molecular formula is C20H27FN4O3. The normalized spacial score (nSPS) is 18.2. The number of nitrogens with zero attached hydrogens (tertiary/aromatic N) is 4. The van der Waals surface area contributed by atoms with Crippen molar-refractivity contribution in [2.24, 2.45) is 0 Å². The number of carbonyl (C=O) groups is 2. The predicted octanol–water partition coefficient (Wildman–Crippen LogP) is 2.48. The van der Waals surface area contributed by atoms with Crippen molar-refractivity contribution in [2.45, 2.75) is 52.2 Å². The molecule has 1 saturated heterocycles. The van der Waals surface area contributed by atoms with Crippen LogP contribution < -0.4 is 0 Å². The summed E-state index contributed by atoms with van der Waals surface area (Å²) < 4.78 is 16.1. The maximum Gasteiger partial charge on any atom is 0.323 e. The van der Waals surface area contributed by atoms with Gasteiger partial charge in [0, 0.05) is 26.1 Å². The number of halogens is 1. The van der Waals surface area contributed by atoms with Gasteiger partial charge in [-0.25, -0.2) is 9.37 Å². The van der Waals surface area contributed by atoms with Crippen molar-refractivity contribution in [3.05, 3.63) is 29.8 Å². The first-order chi connectivity index (χ1) is 13.4. The van der Waals surface area contributed by atoms with Gasteiger partial charge in [0.25, 0.3) is 0 Å². The lowest BCUT2D eigenvalue weighted by Crippen LogP contribution is -2.42. The van der Waals surface area contributed by atoms with Crippen LogP contribution in [-0.4, -0.2) is 62.0 Å². The number of carboxylic acid groups (broad SMARTS) is 1. The van der Waals surface area contributed by atoms with Gasteiger partial charge < -0.3 is 14.6 Å². The summed E-state index contributed by atoms with van der Waals surface area (Å²) in [6.45, 7) is 6.07. The average Bonchev–Trinajstić information content (AvgIpc) is 2.84. The van der Waals surface area contributed by atoms with Crippen LogP contribution in [-0.2, 0) is 22.7 Å². The molecule has 1 aliphatic rings. The number of hydrogen-bond acceptors (Lipinski definition) is 4. The molecule has 3 rings (SSSR count). The fraction of sp³-hybridized carbons (Fsp3) is 0.550. The van der Waals surface area contributed by atoms with E-state index < -0.39 is 5.97 Å². The molecule has 2 aromatic rings. The molecule has 0 spiro atoms. The minimum absolute atomic E-state index is 0.0685. The van der Waals surface area contributed by atoms with E-state index in [2.05, 4.69) is 9.88 Å². The number of amides is 1. The quantitative estimate of drug-likeness (QED) is 0.820. The number of carboxylic acids is 1. The van der Waals surface area contributed by atoms with E-state index in [9.17, 15) is 14.0 Å². The van der Waals surface area contributed by atoms with Crippen LogP contribution in [0.1, 0.15) is 38.9 Å². The van der Waals surface area contributed by atoms with Crippen molar-refractivity contribution >= 4 is 22.9 Å². The summed E-state index contributed by atoms with van der Waals surface area (Å²) in [5, 5.41) is 9.08. The molecule has 1 aliphatic heterocycles. The summed E-state index contributed by atoms with van der Waals surface area (Å²) in [4.78, 5) is 31.2. The van der Waals surface area contributed by atoms with Crippen molar-refractivity contribution in [2.75, 3.05) is 19.6 Å². The van der Waals surface area contributed by atoms with Crippen LogP contribution in [0, 0.1) is 5.82 Å². The van der Waals surface area contributed by atoms with Gasteiger partial charge in [-0.1, -0.05) is 6.07 Å². The summed E-state index contributed by atoms with van der Waals surface area (Å²) >= 11 is 0. The second-order valence-corrected chi connectivity index (χ2v) is 7.28. The highest BCUT2D eigenvalue weighted by Crippen LogP contribution is 2.22. The molecule has 28 heavy (non-hydrogen) atoms. The van der Waals surface area contributed by atoms with Gasteiger partial charge in [-0.2, -0.15) is 0 Å². The molecule has 1 amide bonds. The van der Waals surface area contributed by atoms with Crippen LogP contribution in [0.3, 0.4) is 0 Å². The lowest BCUT2D eigenvalue weighted by Gasteiger charge is -2.29. The summed E-state index contributed by atoms with van der Waals surface area (Å²) in [6, 6.07) is 4.94. The van der Waals surface area contributed by atoms with Crippen LogP contribution in [0.15, 0.2) is 18.2 Å². The molecule has 0 aliphatic carbocycles. The second kappa shape index (κ2) is 8.68. The van der Waals surface area contributed by atoms with E-state index in [1.165, 1.54) is 17.9 Å². The monoisotopic (exact) mass is 390 g/mol. The molecule has 8 heteroatoms. The topological polar surface area (TPSA) is 78.7 Å². The fourth-order valence-corrected chi connectivity index (χ4v) is 4.09. The first kappa shape index (κ1) is 20.3. The second-order valence-electron chi connectivity index (χ2n) is 7.28. The zero-order valence-corrected chi connectivity index (χ0v) is 16.4. The summed E-state index contributed by atoms with van der Waals surface area (Å²) in [6.07, 6.45) is 2.37. The van der Waals surface area contributed by atoms with Crippen LogP contribution in [0.5, 0.6) is 0 Å². The molecule has 152 valence electrons. The number of likely N-dealkylation sites (tertiary alicyclic amines) is 1. The Morgan fingerprint density at radius 1 is 1.32 bits per heavy atom. The fourth-order valence-electron chi connectivity index (χ4n) is 4.09. The van der Waals surface area contributed by atoms with Gasteiger partial charge in [-0.05, 0) is 44.9 Å². The number of fused-ring (bicyclic) bond motifs is 1. The van der Waals surface area contributed by atoms with E-state index in [-0.39, 0.29) is 24.3 Å². The third kappa shape index (κ3) is 4.32. The molecule has 1 aromatic carbocycles. The van der Waals surface area contributed by atoms with Gasteiger partial charge in [0.05, 0.1) is 12.1 Å². The number of hydrogen-bond donors (Lipinski definition) is 1. The number of para-hydroxylation sites is 1. The molecule has 7 nitrogen and oxygen atoms in total. The van der Waals surface area contributed by atoms with Gasteiger partial charge in [0.2, 0.25) is 5.91 Å². The first-order valence-electron chi connectivity index (χ1n) is 9.75. The molecule has 1 atom stereocenters. The van der Waals surface area contributed by atoms with E-state index in [4.69, 9.17) is 5.11 Å². The molecule has 1 fully saturated rings. The maximum atomic E-state index is 14.1. The van der Waals surface area contributed by atoms with Gasteiger partial charge >= 0.3 is 5.97 Å². The maximum absolute atomic E-state index is 14.1. The summed E-state index contributed by atoms with van der Waals surface area (Å²) in [5.74, 6) is -0.679. The molecule has 0 saturated carbocycles. The number of aromatic nitrogens is 2. The zero-order chi connectivity index (χ0) is 20.3. The number of carbonyl (C=O) groups excluding carboxylic acids is 1. The molecule has 0 radical (unpaired) electrons. The smallest absolute Gasteiger partial charge is 0.323 e. The highest BCUT2D eigenvalue weighted by atomic mass is 19.1.